The van der Waals surface area contributed by atoms with Crippen LogP contribution in [0.4, 0.5) is 0 Å². The molecule has 356 valence electrons. The molecule has 3 aromatic heterocycles. The monoisotopic (exact) mass is 978 g/mol. The Morgan fingerprint density at radius 3 is 2.29 bits per heavy atom. The number of nitrogens with one attached hydrogen (secondary N) is 4. The molecule has 8 rings (SSSR count). The van der Waals surface area contributed by atoms with Crippen molar-refractivity contribution in [3.63, 3.8) is 0 Å². The Morgan fingerprint density at radius 1 is 0.971 bits per heavy atom. The van der Waals surface area contributed by atoms with E-state index in [1.165, 1.54) is 17.3 Å². The number of aliphatic hydroxyl groups excluding tert-OH is 1. The van der Waals surface area contributed by atoms with Crippen LogP contribution in [0.3, 0.4) is 0 Å². The normalized spacial score (nSPS) is 18.0. The highest BCUT2D eigenvalue weighted by atomic mass is 35.5. The molecule has 2 fully saturated rings. The van der Waals surface area contributed by atoms with Gasteiger partial charge in [-0.15, -0.1) is 11.3 Å². The molecule has 3 aromatic carbocycles. The number of β-amino-alcohol motifs (C(OH)–C–C–N with tert-alkyl or cyclic N) is 1. The van der Waals surface area contributed by atoms with Gasteiger partial charge in [-0.1, -0.05) is 86.8 Å². The first-order valence-electron chi connectivity index (χ1n) is 22.8. The number of ether oxygens (including phenoxy) is 1. The van der Waals surface area contributed by atoms with Crippen molar-refractivity contribution < 1.29 is 29.0 Å². The minimum Gasteiger partial charge on any atom is -0.486 e. The SMILES string of the molecule is Cc1ncsc1-c1ccc([C@H](C)NC(=O)[C@@H]2C[C@@H](O)CN2C(=O)[C@@H](NC(=O)CC2(CNC(=O)c3ccc(-c4n[nH]c5ccc(O[C@H](C)c6c(Cl)cncc6Cl)cc45)cc3)CCC2)C(C)(C)C)cc1. The lowest BCUT2D eigenvalue weighted by Crippen LogP contribution is -2.58. The van der Waals surface area contributed by atoms with Crippen molar-refractivity contribution in [2.24, 2.45) is 10.8 Å². The molecule has 14 nitrogen and oxygen atoms in total. The number of carbonyl (C=O) groups is 4. The number of pyridine rings is 1. The first kappa shape index (κ1) is 48.6. The van der Waals surface area contributed by atoms with Gasteiger partial charge in [0.05, 0.1) is 43.8 Å². The second kappa shape index (κ2) is 20.0. The summed E-state index contributed by atoms with van der Waals surface area (Å²) in [5, 5.41) is 29.2. The molecule has 6 aromatic rings. The second-order valence-electron chi connectivity index (χ2n) is 19.2. The Labute approximate surface area is 409 Å². The molecule has 1 aliphatic heterocycles. The van der Waals surface area contributed by atoms with E-state index in [2.05, 4.69) is 36.1 Å². The van der Waals surface area contributed by atoms with Gasteiger partial charge in [-0.2, -0.15) is 5.10 Å². The average molecular weight is 980 g/mol. The van der Waals surface area contributed by atoms with Gasteiger partial charge in [0, 0.05) is 60.4 Å². The molecule has 2 aliphatic rings. The summed E-state index contributed by atoms with van der Waals surface area (Å²) in [5.41, 5.74) is 6.89. The maximum Gasteiger partial charge on any atom is 0.251 e. The van der Waals surface area contributed by atoms with Crippen LogP contribution in [-0.2, 0) is 14.4 Å². The maximum atomic E-state index is 14.4. The molecule has 5 N–H and O–H groups in total. The number of fused-ring (bicyclic) bond motifs is 1. The van der Waals surface area contributed by atoms with Crippen LogP contribution < -0.4 is 20.7 Å². The number of rotatable bonds is 15. The highest BCUT2D eigenvalue weighted by Crippen LogP contribution is 2.44. The maximum absolute atomic E-state index is 14.4. The standard InChI is InChI=1S/C51H56Cl2N8O6S/c1-28(31-8-12-33(13-9-31)45-29(2)56-27-68-45)57-48(65)41-20-35(62)25-61(41)49(66)46(50(4,5)6)58-42(63)22-51(18-7-19-51)26-55-47(64)34-14-10-32(11-15-34)44-37-21-36(16-17-40(37)59-60-44)67-30(3)43-38(52)23-54-24-39(43)53/h8-17,21,23-24,27-28,30,35,41,46,62H,7,18-20,22,25-26H2,1-6H3,(H,55,64)(H,57,65)(H,58,63)(H,59,60)/t28-,30+,35+,41-,46+/m0/s1. The van der Waals surface area contributed by atoms with Gasteiger partial charge in [-0.05, 0) is 85.9 Å². The van der Waals surface area contributed by atoms with Crippen LogP contribution in [0.15, 0.2) is 84.6 Å². The fourth-order valence-corrected chi connectivity index (χ4v) is 10.7. The molecule has 4 amide bonds. The summed E-state index contributed by atoms with van der Waals surface area (Å²) >= 11 is 14.3. The van der Waals surface area contributed by atoms with E-state index in [4.69, 9.17) is 27.9 Å². The fraction of sp³-hybridized carbons (Fsp3) is 0.392. The van der Waals surface area contributed by atoms with Gasteiger partial charge in [0.15, 0.2) is 0 Å². The van der Waals surface area contributed by atoms with Crippen LogP contribution in [0.5, 0.6) is 5.75 Å². The Kier molecular flexibility index (Phi) is 14.3. The fourth-order valence-electron chi connectivity index (χ4n) is 9.17. The van der Waals surface area contributed by atoms with Gasteiger partial charge >= 0.3 is 0 Å². The first-order valence-corrected chi connectivity index (χ1v) is 24.4. The van der Waals surface area contributed by atoms with E-state index < -0.39 is 41.0 Å². The van der Waals surface area contributed by atoms with Crippen molar-refractivity contribution in [3.8, 4) is 27.4 Å². The predicted molar refractivity (Wildman–Crippen MR) is 264 cm³/mol. The number of benzene rings is 3. The minimum atomic E-state index is -0.972. The van der Waals surface area contributed by atoms with Crippen LogP contribution in [0, 0.1) is 17.8 Å². The molecule has 1 saturated carbocycles. The summed E-state index contributed by atoms with van der Waals surface area (Å²) in [4.78, 5) is 66.5. The number of H-pyrrole nitrogens is 1. The zero-order valence-electron chi connectivity index (χ0n) is 38.9. The third kappa shape index (κ3) is 10.6. The van der Waals surface area contributed by atoms with Crippen LogP contribution in [-0.4, -0.2) is 85.1 Å². The number of thiazole rings is 1. The van der Waals surface area contributed by atoms with Crippen LogP contribution in [0.2, 0.25) is 10.0 Å². The smallest absolute Gasteiger partial charge is 0.251 e. The number of carbonyl (C=O) groups excluding carboxylic acids is 4. The molecule has 4 heterocycles. The lowest BCUT2D eigenvalue weighted by molar-refractivity contribution is -0.144. The van der Waals surface area contributed by atoms with Crippen LogP contribution in [0.1, 0.15) is 106 Å². The Morgan fingerprint density at radius 2 is 1.66 bits per heavy atom. The largest absolute Gasteiger partial charge is 0.486 e. The van der Waals surface area contributed by atoms with Crippen molar-refractivity contribution in [2.45, 2.75) is 104 Å². The number of aromatic amines is 1. The van der Waals surface area contributed by atoms with Gasteiger partial charge in [-0.3, -0.25) is 29.3 Å². The Bertz CT molecular complexity index is 2800. The van der Waals surface area contributed by atoms with Crippen LogP contribution >= 0.6 is 34.5 Å². The van der Waals surface area contributed by atoms with E-state index >= 15 is 0 Å². The summed E-state index contributed by atoms with van der Waals surface area (Å²) in [6.45, 7) is 11.6. The molecule has 0 radical (unpaired) electrons. The summed E-state index contributed by atoms with van der Waals surface area (Å²) in [7, 11) is 0. The molecule has 0 bridgehead atoms. The number of aryl methyl sites for hydroxylation is 1. The van der Waals surface area contributed by atoms with Crippen LogP contribution in [0.25, 0.3) is 32.6 Å². The summed E-state index contributed by atoms with van der Waals surface area (Å²) in [6, 6.07) is 18.5. The average Bonchev–Trinajstić information content (AvgIpc) is 4.03. The lowest BCUT2D eigenvalue weighted by Gasteiger charge is -2.42. The molecule has 1 saturated heterocycles. The molecule has 5 atom stereocenters. The van der Waals surface area contributed by atoms with E-state index in [0.29, 0.717) is 32.6 Å². The summed E-state index contributed by atoms with van der Waals surface area (Å²) in [6.07, 6.45) is 4.29. The van der Waals surface area contributed by atoms with Gasteiger partial charge < -0.3 is 30.7 Å². The third-order valence-electron chi connectivity index (χ3n) is 13.2. The summed E-state index contributed by atoms with van der Waals surface area (Å²) in [5.74, 6) is -0.797. The molecule has 0 unspecified atom stereocenters. The topological polar surface area (TPSA) is 192 Å². The quantitative estimate of drug-likeness (QED) is 0.0668. The van der Waals surface area contributed by atoms with Crippen molar-refractivity contribution in [1.29, 1.82) is 0 Å². The van der Waals surface area contributed by atoms with E-state index in [1.807, 2.05) is 102 Å². The van der Waals surface area contributed by atoms with Gasteiger partial charge in [0.25, 0.3) is 5.91 Å². The van der Waals surface area contributed by atoms with E-state index in [1.54, 1.807) is 23.5 Å². The van der Waals surface area contributed by atoms with Gasteiger partial charge in [-0.25, -0.2) is 4.98 Å². The Hall–Kier alpha value is -5.87. The summed E-state index contributed by atoms with van der Waals surface area (Å²) < 4.78 is 6.23. The van der Waals surface area contributed by atoms with Crippen molar-refractivity contribution >= 4 is 69.1 Å². The number of aromatic nitrogens is 4. The number of likely N-dealkylation sites (tertiary alicyclic amines) is 1. The molecule has 68 heavy (non-hydrogen) atoms. The highest BCUT2D eigenvalue weighted by molar-refractivity contribution is 7.13. The molecular formula is C51H56Cl2N8O6S. The third-order valence-corrected chi connectivity index (χ3v) is 14.8. The number of amides is 4. The second-order valence-corrected chi connectivity index (χ2v) is 20.9. The molecule has 0 spiro atoms. The van der Waals surface area contributed by atoms with Crippen molar-refractivity contribution in [3.05, 3.63) is 117 Å². The molecule has 1 aliphatic carbocycles. The van der Waals surface area contributed by atoms with E-state index in [9.17, 15) is 24.3 Å². The molecular weight excluding hydrogens is 924 g/mol. The lowest BCUT2D eigenvalue weighted by atomic mass is 9.66. The predicted octanol–water partition coefficient (Wildman–Crippen LogP) is 9.16. The van der Waals surface area contributed by atoms with E-state index in [-0.39, 0.29) is 49.7 Å². The van der Waals surface area contributed by atoms with Gasteiger partial charge in [0.1, 0.15) is 29.6 Å². The number of hydrogen-bond donors (Lipinski definition) is 5. The number of nitrogens with zero attached hydrogens (tertiary/aromatic N) is 4. The first-order chi connectivity index (χ1) is 32.4. The molecule has 17 heteroatoms. The number of halogens is 2. The minimum absolute atomic E-state index is 0.0270. The van der Waals surface area contributed by atoms with Gasteiger partial charge in [0.2, 0.25) is 17.7 Å². The Balaban J connectivity index is 0.871. The van der Waals surface area contributed by atoms with Crippen molar-refractivity contribution in [1.82, 2.24) is 41.0 Å². The highest BCUT2D eigenvalue weighted by Gasteiger charge is 2.46. The number of aliphatic hydroxyl groups is 1. The zero-order chi connectivity index (χ0) is 48.5. The zero-order valence-corrected chi connectivity index (χ0v) is 41.2. The van der Waals surface area contributed by atoms with E-state index in [0.717, 1.165) is 57.4 Å². The number of hydrogen-bond acceptors (Lipinski definition) is 10. The van der Waals surface area contributed by atoms with Crippen molar-refractivity contribution in [2.75, 3.05) is 13.1 Å².